The number of amides is 1. The van der Waals surface area contributed by atoms with Gasteiger partial charge in [0.2, 0.25) is 11.9 Å². The normalized spacial score (nSPS) is 20.0. The first-order chi connectivity index (χ1) is 8.70. The van der Waals surface area contributed by atoms with E-state index in [9.17, 15) is 4.79 Å². The Balaban J connectivity index is 2.04. The molecule has 1 aromatic carbocycles. The number of hydrogen-bond donors (Lipinski definition) is 1. The maximum absolute atomic E-state index is 11.9. The summed E-state index contributed by atoms with van der Waals surface area (Å²) in [5.74, 6) is 0.724. The molecule has 0 radical (unpaired) electrons. The van der Waals surface area contributed by atoms with Gasteiger partial charge in [-0.05, 0) is 12.1 Å². The van der Waals surface area contributed by atoms with Gasteiger partial charge in [0.05, 0.1) is 11.0 Å². The van der Waals surface area contributed by atoms with Gasteiger partial charge in [-0.3, -0.25) is 9.69 Å². The van der Waals surface area contributed by atoms with Crippen LogP contribution in [0, 0.1) is 5.92 Å². The number of anilines is 1. The van der Waals surface area contributed by atoms with Crippen LogP contribution in [0.5, 0.6) is 0 Å². The first kappa shape index (κ1) is 11.2. The van der Waals surface area contributed by atoms with E-state index in [1.807, 2.05) is 35.9 Å². The Bertz CT molecular complexity index is 605. The highest BCUT2D eigenvalue weighted by molar-refractivity contribution is 5.96. The lowest BCUT2D eigenvalue weighted by Gasteiger charge is -2.15. The van der Waals surface area contributed by atoms with Crippen LogP contribution in [0.2, 0.25) is 0 Å². The van der Waals surface area contributed by atoms with E-state index in [0.717, 1.165) is 11.0 Å². The molecular formula is C13H15N3O2. The third kappa shape index (κ3) is 1.59. The molecule has 3 rings (SSSR count). The molecule has 0 aliphatic carbocycles. The summed E-state index contributed by atoms with van der Waals surface area (Å²) in [7, 11) is 1.91. The fourth-order valence-corrected chi connectivity index (χ4v) is 2.47. The minimum absolute atomic E-state index is 0.0253. The number of carbonyl (C=O) groups is 1. The zero-order valence-electron chi connectivity index (χ0n) is 10.2. The second kappa shape index (κ2) is 4.10. The lowest BCUT2D eigenvalue weighted by Crippen LogP contribution is -2.27. The van der Waals surface area contributed by atoms with Crippen molar-refractivity contribution >= 4 is 22.9 Å². The summed E-state index contributed by atoms with van der Waals surface area (Å²) in [4.78, 5) is 18.1. The Labute approximate surface area is 105 Å². The second-order valence-electron chi connectivity index (χ2n) is 4.72. The summed E-state index contributed by atoms with van der Waals surface area (Å²) in [5, 5.41) is 9.15. The summed E-state index contributed by atoms with van der Waals surface area (Å²) in [6, 6.07) is 7.80. The zero-order valence-corrected chi connectivity index (χ0v) is 10.2. The highest BCUT2D eigenvalue weighted by Crippen LogP contribution is 2.26. The Hall–Kier alpha value is -1.88. The topological polar surface area (TPSA) is 58.4 Å². The molecule has 1 saturated heterocycles. The Morgan fingerprint density at radius 1 is 1.44 bits per heavy atom. The zero-order chi connectivity index (χ0) is 12.7. The predicted molar refractivity (Wildman–Crippen MR) is 68.3 cm³/mol. The van der Waals surface area contributed by atoms with Crippen molar-refractivity contribution < 1.29 is 9.90 Å². The van der Waals surface area contributed by atoms with Crippen LogP contribution in [0.3, 0.4) is 0 Å². The fraction of sp³-hybridized carbons (Fsp3) is 0.385. The molecule has 0 saturated carbocycles. The first-order valence-corrected chi connectivity index (χ1v) is 6.03. The van der Waals surface area contributed by atoms with Crippen molar-refractivity contribution in [1.29, 1.82) is 0 Å². The largest absolute Gasteiger partial charge is 0.396 e. The number of nitrogens with zero attached hydrogens (tertiary/aromatic N) is 3. The van der Waals surface area contributed by atoms with Crippen LogP contribution in [-0.4, -0.2) is 33.7 Å². The van der Waals surface area contributed by atoms with Crippen molar-refractivity contribution in [3.05, 3.63) is 24.3 Å². The van der Waals surface area contributed by atoms with Crippen LogP contribution in [0.4, 0.5) is 5.95 Å². The lowest BCUT2D eigenvalue weighted by atomic mass is 10.1. The maximum Gasteiger partial charge on any atom is 0.229 e. The summed E-state index contributed by atoms with van der Waals surface area (Å²) in [5.41, 5.74) is 1.89. The minimum atomic E-state index is 0.0253. The number of hydrogen-bond acceptors (Lipinski definition) is 3. The van der Waals surface area contributed by atoms with Gasteiger partial charge in [-0.25, -0.2) is 4.98 Å². The van der Waals surface area contributed by atoms with Gasteiger partial charge in [0.1, 0.15) is 0 Å². The molecule has 2 aromatic rings. The molecule has 5 heteroatoms. The standard InChI is InChI=1S/C13H15N3O2/c1-15-11-5-3-2-4-10(11)14-13(15)16-7-9(8-17)6-12(16)18/h2-5,9,17H,6-8H2,1H3. The highest BCUT2D eigenvalue weighted by atomic mass is 16.3. The molecule has 1 unspecified atom stereocenters. The van der Waals surface area contributed by atoms with Crippen molar-refractivity contribution in [1.82, 2.24) is 9.55 Å². The predicted octanol–water partition coefficient (Wildman–Crippen LogP) is 0.918. The minimum Gasteiger partial charge on any atom is -0.396 e. The van der Waals surface area contributed by atoms with Crippen molar-refractivity contribution in [2.75, 3.05) is 18.1 Å². The number of imidazole rings is 1. The molecule has 2 heterocycles. The number of aliphatic hydroxyl groups is 1. The third-order valence-electron chi connectivity index (χ3n) is 3.47. The molecule has 94 valence electrons. The summed E-state index contributed by atoms with van der Waals surface area (Å²) in [6.45, 7) is 0.596. The van der Waals surface area contributed by atoms with E-state index in [1.54, 1.807) is 4.90 Å². The summed E-state index contributed by atoms with van der Waals surface area (Å²) < 4.78 is 1.92. The quantitative estimate of drug-likeness (QED) is 0.856. The van der Waals surface area contributed by atoms with Crippen LogP contribution in [0.25, 0.3) is 11.0 Å². The molecule has 1 atom stereocenters. The Kier molecular flexibility index (Phi) is 2.56. The summed E-state index contributed by atoms with van der Waals surface area (Å²) in [6.07, 6.45) is 0.402. The van der Waals surface area contributed by atoms with E-state index in [2.05, 4.69) is 4.98 Å². The van der Waals surface area contributed by atoms with E-state index < -0.39 is 0 Å². The molecule has 0 spiro atoms. The number of benzene rings is 1. The van der Waals surface area contributed by atoms with Crippen LogP contribution in [-0.2, 0) is 11.8 Å². The average molecular weight is 245 g/mol. The van der Waals surface area contributed by atoms with Gasteiger partial charge in [-0.15, -0.1) is 0 Å². The third-order valence-corrected chi connectivity index (χ3v) is 3.47. The van der Waals surface area contributed by atoms with E-state index >= 15 is 0 Å². The van der Waals surface area contributed by atoms with E-state index in [-0.39, 0.29) is 18.4 Å². The summed E-state index contributed by atoms with van der Waals surface area (Å²) >= 11 is 0. The number of aryl methyl sites for hydroxylation is 1. The van der Waals surface area contributed by atoms with Crippen LogP contribution in [0.1, 0.15) is 6.42 Å². The molecule has 1 fully saturated rings. The lowest BCUT2D eigenvalue weighted by molar-refractivity contribution is -0.117. The fourth-order valence-electron chi connectivity index (χ4n) is 2.47. The van der Waals surface area contributed by atoms with Gasteiger partial charge < -0.3 is 9.67 Å². The van der Waals surface area contributed by atoms with Gasteiger partial charge in [-0.2, -0.15) is 0 Å². The highest BCUT2D eigenvalue weighted by Gasteiger charge is 2.32. The number of aliphatic hydroxyl groups excluding tert-OH is 1. The second-order valence-corrected chi connectivity index (χ2v) is 4.72. The van der Waals surface area contributed by atoms with Gasteiger partial charge >= 0.3 is 0 Å². The van der Waals surface area contributed by atoms with E-state index in [4.69, 9.17) is 5.11 Å². The maximum atomic E-state index is 11.9. The number of para-hydroxylation sites is 2. The Morgan fingerprint density at radius 2 is 2.22 bits per heavy atom. The SMILES string of the molecule is Cn1c(N2CC(CO)CC2=O)nc2ccccc21. The van der Waals surface area contributed by atoms with E-state index in [0.29, 0.717) is 18.9 Å². The number of aromatic nitrogens is 2. The van der Waals surface area contributed by atoms with Crippen LogP contribution in [0.15, 0.2) is 24.3 Å². The van der Waals surface area contributed by atoms with E-state index in [1.165, 1.54) is 0 Å². The smallest absolute Gasteiger partial charge is 0.229 e. The molecule has 1 aliphatic heterocycles. The Morgan fingerprint density at radius 3 is 2.89 bits per heavy atom. The number of rotatable bonds is 2. The van der Waals surface area contributed by atoms with Crippen molar-refractivity contribution in [2.45, 2.75) is 6.42 Å². The van der Waals surface area contributed by atoms with Crippen molar-refractivity contribution in [3.63, 3.8) is 0 Å². The van der Waals surface area contributed by atoms with Crippen LogP contribution < -0.4 is 4.90 Å². The molecule has 1 amide bonds. The van der Waals surface area contributed by atoms with Crippen LogP contribution >= 0.6 is 0 Å². The monoisotopic (exact) mass is 245 g/mol. The number of carbonyl (C=O) groups excluding carboxylic acids is 1. The molecular weight excluding hydrogens is 230 g/mol. The molecule has 1 aliphatic rings. The van der Waals surface area contributed by atoms with Crippen molar-refractivity contribution in [2.24, 2.45) is 13.0 Å². The first-order valence-electron chi connectivity index (χ1n) is 6.03. The average Bonchev–Trinajstić information content (AvgIpc) is 2.91. The molecule has 1 N–H and O–H groups in total. The van der Waals surface area contributed by atoms with Gasteiger partial charge in [0, 0.05) is 32.5 Å². The van der Waals surface area contributed by atoms with Gasteiger partial charge in [0.15, 0.2) is 0 Å². The molecule has 0 bridgehead atoms. The van der Waals surface area contributed by atoms with Gasteiger partial charge in [-0.1, -0.05) is 12.1 Å². The molecule has 1 aromatic heterocycles. The van der Waals surface area contributed by atoms with Crippen molar-refractivity contribution in [3.8, 4) is 0 Å². The van der Waals surface area contributed by atoms with Gasteiger partial charge in [0.25, 0.3) is 0 Å². The number of fused-ring (bicyclic) bond motifs is 1. The molecule has 18 heavy (non-hydrogen) atoms. The molecule has 5 nitrogen and oxygen atoms in total.